The number of nitrogens with zero attached hydrogens (tertiary/aromatic N) is 2. The zero-order valence-electron chi connectivity index (χ0n) is 17.0. The first-order valence-corrected chi connectivity index (χ1v) is 13.4. The molecule has 2 aromatic rings. The highest BCUT2D eigenvalue weighted by molar-refractivity contribution is 7.92. The molecule has 32 heavy (non-hydrogen) atoms. The SMILES string of the molecule is CS(=O)(=O)N(CC(=O)Nc1ccc(S(=O)(=O)N2CCOCC2)cc1)c1cc(Cl)cc(Cl)c1. The summed E-state index contributed by atoms with van der Waals surface area (Å²) in [6, 6.07) is 9.84. The van der Waals surface area contributed by atoms with E-state index in [-0.39, 0.29) is 33.7 Å². The van der Waals surface area contributed by atoms with Crippen LogP contribution in [0.5, 0.6) is 0 Å². The van der Waals surface area contributed by atoms with E-state index >= 15 is 0 Å². The predicted molar refractivity (Wildman–Crippen MR) is 123 cm³/mol. The second-order valence-corrected chi connectivity index (χ2v) is 11.7. The summed E-state index contributed by atoms with van der Waals surface area (Å²) in [6.07, 6.45) is 0.959. The maximum absolute atomic E-state index is 12.7. The van der Waals surface area contributed by atoms with Gasteiger partial charge in [0.15, 0.2) is 0 Å². The highest BCUT2D eigenvalue weighted by Gasteiger charge is 2.26. The first-order valence-electron chi connectivity index (χ1n) is 9.38. The van der Waals surface area contributed by atoms with Crippen LogP contribution in [0, 0.1) is 0 Å². The van der Waals surface area contributed by atoms with Gasteiger partial charge >= 0.3 is 0 Å². The summed E-state index contributed by atoms with van der Waals surface area (Å²) >= 11 is 11.9. The molecular formula is C19H21Cl2N3O6S2. The van der Waals surface area contributed by atoms with Crippen LogP contribution in [0.4, 0.5) is 11.4 Å². The van der Waals surface area contributed by atoms with Gasteiger partial charge in [0.05, 0.1) is 30.1 Å². The monoisotopic (exact) mass is 521 g/mol. The average molecular weight is 522 g/mol. The fraction of sp³-hybridized carbons (Fsp3) is 0.316. The lowest BCUT2D eigenvalue weighted by Crippen LogP contribution is -2.40. The number of benzene rings is 2. The minimum absolute atomic E-state index is 0.0868. The largest absolute Gasteiger partial charge is 0.379 e. The van der Waals surface area contributed by atoms with Crippen LogP contribution in [0.1, 0.15) is 0 Å². The van der Waals surface area contributed by atoms with E-state index in [1.807, 2.05) is 0 Å². The van der Waals surface area contributed by atoms with Gasteiger partial charge in [0.2, 0.25) is 26.0 Å². The Morgan fingerprint density at radius 3 is 2.12 bits per heavy atom. The number of carbonyl (C=O) groups is 1. The Labute approximate surface area is 197 Å². The van der Waals surface area contributed by atoms with Crippen LogP contribution in [0.25, 0.3) is 0 Å². The third kappa shape index (κ3) is 6.12. The standard InChI is InChI=1S/C19H21Cl2N3O6S2/c1-31(26,27)24(17-11-14(20)10-15(21)12-17)13-19(25)22-16-2-4-18(5-3-16)32(28,29)23-6-8-30-9-7-23/h2-5,10-12H,6-9,13H2,1H3,(H,22,25). The van der Waals surface area contributed by atoms with E-state index in [9.17, 15) is 21.6 Å². The number of hydrogen-bond acceptors (Lipinski definition) is 6. The van der Waals surface area contributed by atoms with E-state index in [1.165, 1.54) is 46.8 Å². The first-order chi connectivity index (χ1) is 15.0. The molecule has 1 N–H and O–H groups in total. The van der Waals surface area contributed by atoms with E-state index in [0.29, 0.717) is 18.9 Å². The molecule has 1 fully saturated rings. The number of morpholine rings is 1. The molecule has 0 bridgehead atoms. The smallest absolute Gasteiger partial charge is 0.245 e. The molecule has 13 heteroatoms. The molecule has 0 aromatic heterocycles. The molecule has 0 radical (unpaired) electrons. The molecule has 1 aliphatic rings. The summed E-state index contributed by atoms with van der Waals surface area (Å²) in [5.74, 6) is -0.629. The molecule has 9 nitrogen and oxygen atoms in total. The Morgan fingerprint density at radius 1 is 1.03 bits per heavy atom. The second-order valence-electron chi connectivity index (χ2n) is 6.99. The van der Waals surface area contributed by atoms with Gasteiger partial charge in [-0.15, -0.1) is 0 Å². The van der Waals surface area contributed by atoms with E-state index in [0.717, 1.165) is 10.6 Å². The lowest BCUT2D eigenvalue weighted by molar-refractivity contribution is -0.114. The van der Waals surface area contributed by atoms with Crippen LogP contribution in [-0.4, -0.2) is 66.2 Å². The molecule has 1 aliphatic heterocycles. The number of anilines is 2. The van der Waals surface area contributed by atoms with Crippen LogP contribution in [0.3, 0.4) is 0 Å². The summed E-state index contributed by atoms with van der Waals surface area (Å²) < 4.78 is 57.2. The molecule has 0 spiro atoms. The lowest BCUT2D eigenvalue weighted by atomic mass is 10.3. The Kier molecular flexibility index (Phi) is 7.69. The number of rotatable bonds is 7. The van der Waals surface area contributed by atoms with Crippen LogP contribution in [-0.2, 0) is 29.6 Å². The molecule has 2 aromatic carbocycles. The van der Waals surface area contributed by atoms with Gasteiger partial charge in [-0.1, -0.05) is 23.2 Å². The summed E-state index contributed by atoms with van der Waals surface area (Å²) in [6.45, 7) is 0.693. The van der Waals surface area contributed by atoms with Gasteiger partial charge in [-0.2, -0.15) is 4.31 Å². The number of ether oxygens (including phenoxy) is 1. The Morgan fingerprint density at radius 2 is 1.59 bits per heavy atom. The molecule has 1 amide bonds. The Balaban J connectivity index is 1.73. The summed E-state index contributed by atoms with van der Waals surface area (Å²) in [5.41, 5.74) is 0.459. The van der Waals surface area contributed by atoms with Crippen molar-refractivity contribution in [3.05, 3.63) is 52.5 Å². The summed E-state index contributed by atoms with van der Waals surface area (Å²) in [4.78, 5) is 12.6. The van der Waals surface area contributed by atoms with Gasteiger partial charge in [0, 0.05) is 28.8 Å². The van der Waals surface area contributed by atoms with Crippen molar-refractivity contribution in [2.45, 2.75) is 4.90 Å². The molecular weight excluding hydrogens is 501 g/mol. The number of hydrogen-bond donors (Lipinski definition) is 1. The number of sulfonamides is 2. The van der Waals surface area contributed by atoms with E-state index in [1.54, 1.807) is 0 Å². The predicted octanol–water partition coefficient (Wildman–Crippen LogP) is 2.42. The fourth-order valence-corrected chi connectivity index (χ4v) is 5.82. The fourth-order valence-electron chi connectivity index (χ4n) is 3.06. The Bertz CT molecular complexity index is 1180. The zero-order chi connectivity index (χ0) is 23.5. The van der Waals surface area contributed by atoms with Gasteiger partial charge < -0.3 is 10.1 Å². The summed E-state index contributed by atoms with van der Waals surface area (Å²) in [7, 11) is -7.48. The van der Waals surface area contributed by atoms with Gasteiger partial charge in [-0.05, 0) is 42.5 Å². The molecule has 1 saturated heterocycles. The quantitative estimate of drug-likeness (QED) is 0.598. The number of halogens is 2. The minimum atomic E-state index is -3.82. The first kappa shape index (κ1) is 24.7. The van der Waals surface area contributed by atoms with E-state index in [2.05, 4.69) is 5.32 Å². The normalized spacial score (nSPS) is 15.3. The van der Waals surface area contributed by atoms with Crippen molar-refractivity contribution in [1.82, 2.24) is 4.31 Å². The van der Waals surface area contributed by atoms with Crippen LogP contribution < -0.4 is 9.62 Å². The topological polar surface area (TPSA) is 113 Å². The molecule has 0 saturated carbocycles. The van der Waals surface area contributed by atoms with Gasteiger partial charge in [-0.3, -0.25) is 9.10 Å². The van der Waals surface area contributed by atoms with Crippen molar-refractivity contribution in [3.8, 4) is 0 Å². The maximum atomic E-state index is 12.7. The molecule has 1 heterocycles. The lowest BCUT2D eigenvalue weighted by Gasteiger charge is -2.26. The van der Waals surface area contributed by atoms with Crippen molar-refractivity contribution in [3.63, 3.8) is 0 Å². The van der Waals surface area contributed by atoms with E-state index < -0.39 is 32.5 Å². The molecule has 0 aliphatic carbocycles. The van der Waals surface area contributed by atoms with Gasteiger partial charge in [0.1, 0.15) is 6.54 Å². The van der Waals surface area contributed by atoms with Crippen molar-refractivity contribution < 1.29 is 26.4 Å². The van der Waals surface area contributed by atoms with Crippen LogP contribution in [0.2, 0.25) is 10.0 Å². The molecule has 174 valence electrons. The van der Waals surface area contributed by atoms with Crippen molar-refractivity contribution >= 4 is 60.5 Å². The summed E-state index contributed by atoms with van der Waals surface area (Å²) in [5, 5.41) is 3.00. The van der Waals surface area contributed by atoms with Gasteiger partial charge in [0.25, 0.3) is 0 Å². The highest BCUT2D eigenvalue weighted by Crippen LogP contribution is 2.27. The van der Waals surface area contributed by atoms with Gasteiger partial charge in [-0.25, -0.2) is 16.8 Å². The highest BCUT2D eigenvalue weighted by atomic mass is 35.5. The third-order valence-corrected chi connectivity index (χ3v) is 8.06. The zero-order valence-corrected chi connectivity index (χ0v) is 20.1. The van der Waals surface area contributed by atoms with Crippen LogP contribution >= 0.6 is 23.2 Å². The van der Waals surface area contributed by atoms with Crippen molar-refractivity contribution in [2.24, 2.45) is 0 Å². The van der Waals surface area contributed by atoms with E-state index in [4.69, 9.17) is 27.9 Å². The molecule has 0 unspecified atom stereocenters. The van der Waals surface area contributed by atoms with Crippen molar-refractivity contribution in [1.29, 1.82) is 0 Å². The number of amides is 1. The number of nitrogens with one attached hydrogen (secondary N) is 1. The van der Waals surface area contributed by atoms with Crippen LogP contribution in [0.15, 0.2) is 47.4 Å². The van der Waals surface area contributed by atoms with Crippen molar-refractivity contribution in [2.75, 3.05) is 48.7 Å². The molecule has 0 atom stereocenters. The second kappa shape index (κ2) is 9.94. The number of carbonyl (C=O) groups excluding carboxylic acids is 1. The minimum Gasteiger partial charge on any atom is -0.379 e. The maximum Gasteiger partial charge on any atom is 0.245 e. The Hall–Kier alpha value is -1.89. The average Bonchev–Trinajstić information content (AvgIpc) is 2.71. The molecule has 3 rings (SSSR count). The third-order valence-electron chi connectivity index (χ3n) is 4.57.